The van der Waals surface area contributed by atoms with E-state index in [2.05, 4.69) is 5.32 Å². The van der Waals surface area contributed by atoms with E-state index in [0.717, 1.165) is 9.87 Å². The van der Waals surface area contributed by atoms with Gasteiger partial charge in [-0.1, -0.05) is 41.9 Å². The molecule has 1 N–H and O–H groups in total. The molecule has 3 rings (SSSR count). The van der Waals surface area contributed by atoms with E-state index in [0.29, 0.717) is 12.4 Å². The smallest absolute Gasteiger partial charge is 0.265 e. The molecule has 0 aliphatic heterocycles. The first kappa shape index (κ1) is 28.1. The molecule has 0 saturated heterocycles. The number of rotatable bonds is 13. The molecule has 0 aromatic heterocycles. The van der Waals surface area contributed by atoms with Crippen molar-refractivity contribution in [3.05, 3.63) is 77.3 Å². The van der Waals surface area contributed by atoms with E-state index in [1.807, 2.05) is 30.3 Å². The molecule has 3 aromatic rings. The van der Waals surface area contributed by atoms with E-state index >= 15 is 0 Å². The topological polar surface area (TPSA) is 103 Å². The van der Waals surface area contributed by atoms with Crippen LogP contribution in [0.4, 0.5) is 5.69 Å². The molecule has 198 valence electrons. The number of nitrogens with one attached hydrogen (secondary N) is 1. The second-order valence-electron chi connectivity index (χ2n) is 7.73. The van der Waals surface area contributed by atoms with Crippen molar-refractivity contribution < 1.29 is 32.2 Å². The molecule has 0 unspecified atom stereocenters. The molecule has 0 aliphatic rings. The average molecular weight is 549 g/mol. The maximum Gasteiger partial charge on any atom is 0.265 e. The van der Waals surface area contributed by atoms with Crippen molar-refractivity contribution >= 4 is 33.2 Å². The van der Waals surface area contributed by atoms with Gasteiger partial charge in [0.05, 0.1) is 45.1 Å². The Kier molecular flexibility index (Phi) is 10.0. The summed E-state index contributed by atoms with van der Waals surface area (Å²) >= 11 is 6.18. The minimum atomic E-state index is -4.26. The van der Waals surface area contributed by atoms with Crippen LogP contribution in [0.15, 0.2) is 71.6 Å². The van der Waals surface area contributed by atoms with E-state index in [4.69, 9.17) is 30.5 Å². The van der Waals surface area contributed by atoms with Crippen LogP contribution in [0.5, 0.6) is 17.2 Å². The zero-order chi connectivity index (χ0) is 26.8. The molecule has 0 fully saturated rings. The SMILES string of the molecule is COc1ccc(S(=O)(=O)N(CC(=O)NCCOCc2ccccc2)c2cc(Cl)ccc2OC)cc1OC. The van der Waals surface area contributed by atoms with Crippen molar-refractivity contribution in [2.45, 2.75) is 11.5 Å². The number of anilines is 1. The molecule has 0 spiro atoms. The Morgan fingerprint density at radius 1 is 0.892 bits per heavy atom. The van der Waals surface area contributed by atoms with Crippen LogP contribution in [0.1, 0.15) is 5.56 Å². The maximum atomic E-state index is 13.8. The Labute approximate surface area is 221 Å². The number of halogens is 1. The van der Waals surface area contributed by atoms with Gasteiger partial charge in [0.15, 0.2) is 11.5 Å². The van der Waals surface area contributed by atoms with Crippen LogP contribution in [0.3, 0.4) is 0 Å². The van der Waals surface area contributed by atoms with Crippen molar-refractivity contribution in [2.75, 3.05) is 45.3 Å². The van der Waals surface area contributed by atoms with Crippen LogP contribution in [-0.2, 0) is 26.2 Å². The van der Waals surface area contributed by atoms with Gasteiger partial charge in [-0.2, -0.15) is 0 Å². The summed E-state index contributed by atoms with van der Waals surface area (Å²) < 4.78 is 49.9. The van der Waals surface area contributed by atoms with Crippen molar-refractivity contribution in [1.82, 2.24) is 5.32 Å². The molecule has 0 heterocycles. The fourth-order valence-electron chi connectivity index (χ4n) is 3.48. The molecule has 11 heteroatoms. The van der Waals surface area contributed by atoms with Gasteiger partial charge < -0.3 is 24.3 Å². The zero-order valence-corrected chi connectivity index (χ0v) is 22.3. The summed E-state index contributed by atoms with van der Waals surface area (Å²) in [5, 5.41) is 2.97. The second kappa shape index (κ2) is 13.2. The van der Waals surface area contributed by atoms with Gasteiger partial charge in [-0.3, -0.25) is 9.10 Å². The highest BCUT2D eigenvalue weighted by molar-refractivity contribution is 7.92. The minimum absolute atomic E-state index is 0.105. The predicted octanol–water partition coefficient (Wildman–Crippen LogP) is 3.89. The highest BCUT2D eigenvalue weighted by Crippen LogP contribution is 2.36. The molecular formula is C26H29ClN2O7S. The molecule has 0 atom stereocenters. The summed E-state index contributed by atoms with van der Waals surface area (Å²) in [4.78, 5) is 12.7. The molecule has 3 aromatic carbocycles. The van der Waals surface area contributed by atoms with Crippen LogP contribution in [0, 0.1) is 0 Å². The molecular weight excluding hydrogens is 520 g/mol. The van der Waals surface area contributed by atoms with Crippen molar-refractivity contribution in [2.24, 2.45) is 0 Å². The maximum absolute atomic E-state index is 13.8. The van der Waals surface area contributed by atoms with Gasteiger partial charge >= 0.3 is 0 Å². The number of methoxy groups -OCH3 is 3. The quantitative estimate of drug-likeness (QED) is 0.323. The zero-order valence-electron chi connectivity index (χ0n) is 20.8. The molecule has 0 radical (unpaired) electrons. The lowest BCUT2D eigenvalue weighted by atomic mass is 10.2. The largest absolute Gasteiger partial charge is 0.495 e. The van der Waals surface area contributed by atoms with E-state index in [1.165, 1.54) is 51.7 Å². The molecule has 1 amide bonds. The van der Waals surface area contributed by atoms with Gasteiger partial charge in [-0.05, 0) is 35.9 Å². The number of carbonyl (C=O) groups excluding carboxylic acids is 1. The second-order valence-corrected chi connectivity index (χ2v) is 10.0. The monoisotopic (exact) mass is 548 g/mol. The Morgan fingerprint density at radius 2 is 1.57 bits per heavy atom. The van der Waals surface area contributed by atoms with E-state index in [1.54, 1.807) is 6.07 Å². The summed E-state index contributed by atoms with van der Waals surface area (Å²) in [6.45, 7) is 0.328. The van der Waals surface area contributed by atoms with Gasteiger partial charge in [0.2, 0.25) is 5.91 Å². The van der Waals surface area contributed by atoms with Crippen molar-refractivity contribution in [3.8, 4) is 17.2 Å². The molecule has 0 saturated carbocycles. The van der Waals surface area contributed by atoms with Crippen LogP contribution < -0.4 is 23.8 Å². The predicted molar refractivity (Wildman–Crippen MR) is 141 cm³/mol. The number of ether oxygens (including phenoxy) is 4. The van der Waals surface area contributed by atoms with Gasteiger partial charge in [0.25, 0.3) is 10.0 Å². The molecule has 0 bridgehead atoms. The Morgan fingerprint density at radius 3 is 2.24 bits per heavy atom. The normalized spacial score (nSPS) is 11.0. The highest BCUT2D eigenvalue weighted by Gasteiger charge is 2.30. The van der Waals surface area contributed by atoms with Gasteiger partial charge in [-0.15, -0.1) is 0 Å². The summed E-state index contributed by atoms with van der Waals surface area (Å²) in [6.07, 6.45) is 0. The first-order chi connectivity index (χ1) is 17.8. The number of hydrogen-bond donors (Lipinski definition) is 1. The van der Waals surface area contributed by atoms with Crippen molar-refractivity contribution in [3.63, 3.8) is 0 Å². The first-order valence-electron chi connectivity index (χ1n) is 11.3. The van der Waals surface area contributed by atoms with Gasteiger partial charge in [-0.25, -0.2) is 8.42 Å². The van der Waals surface area contributed by atoms with E-state index in [9.17, 15) is 13.2 Å². The van der Waals surface area contributed by atoms with E-state index < -0.39 is 22.5 Å². The van der Waals surface area contributed by atoms with Crippen LogP contribution in [0.25, 0.3) is 0 Å². The molecule has 0 aliphatic carbocycles. The summed E-state index contributed by atoms with van der Waals surface area (Å²) in [6, 6.07) is 18.3. The molecule has 37 heavy (non-hydrogen) atoms. The van der Waals surface area contributed by atoms with Gasteiger partial charge in [0.1, 0.15) is 12.3 Å². The Hall–Kier alpha value is -3.47. The number of nitrogens with zero attached hydrogens (tertiary/aromatic N) is 1. The fraction of sp³-hybridized carbons (Fsp3) is 0.269. The lowest BCUT2D eigenvalue weighted by molar-refractivity contribution is -0.119. The minimum Gasteiger partial charge on any atom is -0.495 e. The lowest BCUT2D eigenvalue weighted by Crippen LogP contribution is -2.42. The Balaban J connectivity index is 1.81. The third kappa shape index (κ3) is 7.28. The van der Waals surface area contributed by atoms with E-state index in [-0.39, 0.29) is 40.3 Å². The lowest BCUT2D eigenvalue weighted by Gasteiger charge is -2.26. The summed E-state index contributed by atoms with van der Waals surface area (Å²) in [5.74, 6) is 0.282. The Bertz CT molecular complexity index is 1300. The van der Waals surface area contributed by atoms with Crippen molar-refractivity contribution in [1.29, 1.82) is 0 Å². The highest BCUT2D eigenvalue weighted by atomic mass is 35.5. The van der Waals surface area contributed by atoms with Crippen LogP contribution in [0.2, 0.25) is 5.02 Å². The number of hydrogen-bond acceptors (Lipinski definition) is 7. The number of sulfonamides is 1. The number of carbonyl (C=O) groups is 1. The van der Waals surface area contributed by atoms with Gasteiger partial charge in [0, 0.05) is 17.6 Å². The average Bonchev–Trinajstić information content (AvgIpc) is 2.91. The number of amides is 1. The summed E-state index contributed by atoms with van der Waals surface area (Å²) in [7, 11) is -0.00986. The number of benzene rings is 3. The van der Waals surface area contributed by atoms with Crippen LogP contribution in [-0.4, -0.2) is 55.4 Å². The third-order valence-electron chi connectivity index (χ3n) is 5.32. The fourth-order valence-corrected chi connectivity index (χ4v) is 5.08. The first-order valence-corrected chi connectivity index (χ1v) is 13.1. The third-order valence-corrected chi connectivity index (χ3v) is 7.31. The van der Waals surface area contributed by atoms with Crippen LogP contribution >= 0.6 is 11.6 Å². The standard InChI is InChI=1S/C26H29ClN2O7S/c1-33-23-11-9-20(27)15-22(23)29(37(31,32)21-10-12-24(34-2)25(16-21)35-3)17-26(30)28-13-14-36-18-19-7-5-4-6-8-19/h4-12,15-16H,13-14,17-18H2,1-3H3,(H,28,30). The molecule has 9 nitrogen and oxygen atoms in total. The summed E-state index contributed by atoms with van der Waals surface area (Å²) in [5.41, 5.74) is 1.12.